The molecule has 0 aromatic carbocycles. The Balaban J connectivity index is 5.25. The van der Waals surface area contributed by atoms with E-state index >= 15 is 0 Å². The summed E-state index contributed by atoms with van der Waals surface area (Å²) < 4.78 is 68.4. The molecule has 0 aliphatic heterocycles. The standard InChI is InChI=1S/C73H142O17P2/c1-7-10-12-14-16-18-20-21-24-27-31-38-44-50-56-71(76)84-61-68(89-72(77)57-51-45-39-32-28-25-22-23-26-29-35-41-47-53-65(4)5)63-87-91(79,80)85-59-67(74)60-86-92(81,82)88-64-69(62-83-70(75)55-49-43-37-30-19-17-15-13-11-8-2)90-73(78)58-52-46-40-34-33-36-42-48-54-66(6)9-3/h65-69,74H,7-64H2,1-6H3,(H,79,80)(H,81,82)/t66?,67-,68-,69-/m1/s1. The first kappa shape index (κ1) is 90.1. The molecule has 0 saturated carbocycles. The van der Waals surface area contributed by atoms with Gasteiger partial charge >= 0.3 is 39.5 Å². The largest absolute Gasteiger partial charge is 0.472 e. The molecule has 0 radical (unpaired) electrons. The highest BCUT2D eigenvalue weighted by atomic mass is 31.2. The molecule has 0 rings (SSSR count). The maximum Gasteiger partial charge on any atom is 0.472 e. The van der Waals surface area contributed by atoms with E-state index in [0.29, 0.717) is 25.7 Å². The molecule has 6 atom stereocenters. The fourth-order valence-electron chi connectivity index (χ4n) is 11.1. The third kappa shape index (κ3) is 65.4. The number of hydrogen-bond acceptors (Lipinski definition) is 15. The molecule has 17 nitrogen and oxygen atoms in total. The van der Waals surface area contributed by atoms with E-state index in [1.807, 2.05) is 0 Å². The first-order chi connectivity index (χ1) is 44.4. The molecule has 0 saturated heterocycles. The molecule has 0 fully saturated rings. The molecular weight excluding hydrogens is 1210 g/mol. The molecule has 0 heterocycles. The van der Waals surface area contributed by atoms with Gasteiger partial charge in [-0.25, -0.2) is 9.13 Å². The van der Waals surface area contributed by atoms with Gasteiger partial charge in [-0.2, -0.15) is 0 Å². The fraction of sp³-hybridized carbons (Fsp3) is 0.945. The summed E-state index contributed by atoms with van der Waals surface area (Å²) in [6.07, 6.45) is 51.1. The first-order valence-electron chi connectivity index (χ1n) is 38.0. The number of phosphoric ester groups is 2. The Morgan fingerprint density at radius 3 is 0.826 bits per heavy atom. The second kappa shape index (κ2) is 65.0. The summed E-state index contributed by atoms with van der Waals surface area (Å²) in [4.78, 5) is 72.7. The zero-order valence-corrected chi connectivity index (χ0v) is 61.6. The SMILES string of the molecule is CCCCCCCCCCCCCCCCC(=O)OC[C@H](COP(=O)(O)OC[C@@H](O)COP(=O)(O)OC[C@@H](COC(=O)CCCCCCCCCCCC)OC(=O)CCCCCCCCCCC(C)CC)OC(=O)CCCCCCCCCCCCCCCC(C)C. The zero-order chi connectivity index (χ0) is 67.9. The molecule has 546 valence electrons. The van der Waals surface area contributed by atoms with Crippen LogP contribution in [0.5, 0.6) is 0 Å². The molecule has 19 heteroatoms. The topological polar surface area (TPSA) is 237 Å². The fourth-order valence-corrected chi connectivity index (χ4v) is 12.7. The van der Waals surface area contributed by atoms with E-state index in [-0.39, 0.29) is 25.7 Å². The number of rotatable bonds is 72. The number of hydrogen-bond donors (Lipinski definition) is 3. The summed E-state index contributed by atoms with van der Waals surface area (Å²) in [6, 6.07) is 0. The Morgan fingerprint density at radius 1 is 0.315 bits per heavy atom. The molecule has 0 bridgehead atoms. The highest BCUT2D eigenvalue weighted by molar-refractivity contribution is 7.47. The Morgan fingerprint density at radius 2 is 0.554 bits per heavy atom. The van der Waals surface area contributed by atoms with Crippen molar-refractivity contribution in [2.45, 2.75) is 394 Å². The lowest BCUT2D eigenvalue weighted by atomic mass is 9.99. The Hall–Kier alpha value is -1.94. The maximum atomic E-state index is 13.1. The van der Waals surface area contributed by atoms with E-state index in [9.17, 15) is 43.2 Å². The summed E-state index contributed by atoms with van der Waals surface area (Å²) in [5, 5.41) is 10.6. The molecule has 0 amide bonds. The van der Waals surface area contributed by atoms with Gasteiger partial charge in [0.05, 0.1) is 26.4 Å². The van der Waals surface area contributed by atoms with Gasteiger partial charge in [0.1, 0.15) is 19.3 Å². The van der Waals surface area contributed by atoms with Crippen LogP contribution in [0.4, 0.5) is 0 Å². The van der Waals surface area contributed by atoms with Crippen LogP contribution in [0.25, 0.3) is 0 Å². The van der Waals surface area contributed by atoms with Crippen molar-refractivity contribution in [1.82, 2.24) is 0 Å². The molecule has 0 spiro atoms. The number of ether oxygens (including phenoxy) is 4. The molecule has 0 aliphatic carbocycles. The van der Waals surface area contributed by atoms with Gasteiger partial charge in [-0.3, -0.25) is 37.3 Å². The van der Waals surface area contributed by atoms with Gasteiger partial charge in [0.25, 0.3) is 0 Å². The van der Waals surface area contributed by atoms with Crippen molar-refractivity contribution in [3.05, 3.63) is 0 Å². The highest BCUT2D eigenvalue weighted by Gasteiger charge is 2.30. The van der Waals surface area contributed by atoms with Crippen LogP contribution in [0.1, 0.15) is 375 Å². The molecule has 0 aromatic heterocycles. The van der Waals surface area contributed by atoms with E-state index in [1.165, 1.54) is 193 Å². The first-order valence-corrected chi connectivity index (χ1v) is 41.0. The highest BCUT2D eigenvalue weighted by Crippen LogP contribution is 2.45. The molecular formula is C73H142O17P2. The van der Waals surface area contributed by atoms with Crippen molar-refractivity contribution in [3.8, 4) is 0 Å². The smallest absolute Gasteiger partial charge is 0.462 e. The van der Waals surface area contributed by atoms with Crippen LogP contribution in [0, 0.1) is 11.8 Å². The average molecular weight is 1350 g/mol. The van der Waals surface area contributed by atoms with Gasteiger partial charge < -0.3 is 33.8 Å². The molecule has 92 heavy (non-hydrogen) atoms. The number of esters is 4. The Bertz CT molecular complexity index is 1790. The van der Waals surface area contributed by atoms with Crippen LogP contribution < -0.4 is 0 Å². The summed E-state index contributed by atoms with van der Waals surface area (Å²) in [5.74, 6) is -0.563. The van der Waals surface area contributed by atoms with Crippen LogP contribution in [0.3, 0.4) is 0 Å². The second-order valence-corrected chi connectivity index (χ2v) is 30.0. The van der Waals surface area contributed by atoms with Crippen molar-refractivity contribution in [2.75, 3.05) is 39.6 Å². The lowest BCUT2D eigenvalue weighted by Crippen LogP contribution is -2.30. The van der Waals surface area contributed by atoms with E-state index in [1.54, 1.807) is 0 Å². The monoisotopic (exact) mass is 1350 g/mol. The van der Waals surface area contributed by atoms with Crippen LogP contribution in [0.2, 0.25) is 0 Å². The van der Waals surface area contributed by atoms with E-state index in [2.05, 4.69) is 41.5 Å². The van der Waals surface area contributed by atoms with Gasteiger partial charge in [-0.05, 0) is 37.5 Å². The minimum Gasteiger partial charge on any atom is -0.462 e. The second-order valence-electron chi connectivity index (χ2n) is 27.1. The predicted molar refractivity (Wildman–Crippen MR) is 372 cm³/mol. The number of carbonyl (C=O) groups is 4. The molecule has 3 unspecified atom stereocenters. The Kier molecular flexibility index (Phi) is 63.7. The summed E-state index contributed by atoms with van der Waals surface area (Å²) in [7, 11) is -9.90. The summed E-state index contributed by atoms with van der Waals surface area (Å²) >= 11 is 0. The van der Waals surface area contributed by atoms with Crippen molar-refractivity contribution < 1.29 is 80.2 Å². The van der Waals surface area contributed by atoms with Crippen molar-refractivity contribution in [1.29, 1.82) is 0 Å². The van der Waals surface area contributed by atoms with Gasteiger partial charge in [-0.1, -0.05) is 324 Å². The number of phosphoric acid groups is 2. The lowest BCUT2D eigenvalue weighted by molar-refractivity contribution is -0.161. The van der Waals surface area contributed by atoms with Gasteiger partial charge in [0.2, 0.25) is 0 Å². The normalized spacial score (nSPS) is 14.4. The van der Waals surface area contributed by atoms with E-state index in [4.69, 9.17) is 37.0 Å². The van der Waals surface area contributed by atoms with Crippen molar-refractivity contribution in [3.63, 3.8) is 0 Å². The maximum absolute atomic E-state index is 13.1. The summed E-state index contributed by atoms with van der Waals surface area (Å²) in [6.45, 7) is 9.58. The lowest BCUT2D eigenvalue weighted by Gasteiger charge is -2.21. The number of aliphatic hydroxyl groups is 1. The van der Waals surface area contributed by atoms with Gasteiger partial charge in [-0.15, -0.1) is 0 Å². The minimum atomic E-state index is -4.95. The van der Waals surface area contributed by atoms with Crippen LogP contribution >= 0.6 is 15.6 Å². The predicted octanol–water partition coefficient (Wildman–Crippen LogP) is 21.2. The quantitative estimate of drug-likeness (QED) is 0.0222. The third-order valence-electron chi connectivity index (χ3n) is 17.3. The zero-order valence-electron chi connectivity index (χ0n) is 59.9. The van der Waals surface area contributed by atoms with Crippen molar-refractivity contribution >= 4 is 39.5 Å². The van der Waals surface area contributed by atoms with Gasteiger partial charge in [0, 0.05) is 25.7 Å². The minimum absolute atomic E-state index is 0.105. The molecule has 0 aliphatic rings. The Labute approximate surface area is 562 Å². The van der Waals surface area contributed by atoms with E-state index < -0.39 is 97.5 Å². The third-order valence-corrected chi connectivity index (χ3v) is 19.2. The number of carbonyl (C=O) groups excluding carboxylic acids is 4. The molecule has 3 N–H and O–H groups in total. The average Bonchev–Trinajstić information content (AvgIpc) is 1.84. The van der Waals surface area contributed by atoms with E-state index in [0.717, 1.165) is 102 Å². The van der Waals surface area contributed by atoms with Crippen LogP contribution in [-0.4, -0.2) is 96.7 Å². The number of aliphatic hydroxyl groups excluding tert-OH is 1. The number of unbranched alkanes of at least 4 members (excludes halogenated alkanes) is 41. The molecule has 0 aromatic rings. The van der Waals surface area contributed by atoms with Crippen molar-refractivity contribution in [2.24, 2.45) is 11.8 Å². The van der Waals surface area contributed by atoms with Crippen LogP contribution in [-0.2, 0) is 65.4 Å². The van der Waals surface area contributed by atoms with Crippen LogP contribution in [0.15, 0.2) is 0 Å². The van der Waals surface area contributed by atoms with Gasteiger partial charge in [0.15, 0.2) is 12.2 Å². The summed E-state index contributed by atoms with van der Waals surface area (Å²) in [5.41, 5.74) is 0.